The molecule has 1 aliphatic heterocycles. The first-order valence-corrected chi connectivity index (χ1v) is 6.97. The van der Waals surface area contributed by atoms with Gasteiger partial charge in [0, 0.05) is 35.9 Å². The molecule has 18 heavy (non-hydrogen) atoms. The zero-order chi connectivity index (χ0) is 13.1. The average Bonchev–Trinajstić information content (AvgIpc) is 2.39. The molecular formula is C14H18BrNO2. The molecule has 3 nitrogen and oxygen atoms in total. The number of rotatable bonds is 3. The van der Waals surface area contributed by atoms with E-state index in [0.717, 1.165) is 41.5 Å². The van der Waals surface area contributed by atoms with Gasteiger partial charge in [0.25, 0.3) is 0 Å². The first-order valence-electron chi connectivity index (χ1n) is 6.18. The smallest absolute Gasteiger partial charge is 0.152 e. The number of hydrogen-bond donors (Lipinski definition) is 0. The molecule has 4 heteroatoms. The highest BCUT2D eigenvalue weighted by Crippen LogP contribution is 2.28. The van der Waals surface area contributed by atoms with Crippen LogP contribution in [0, 0.1) is 5.92 Å². The summed E-state index contributed by atoms with van der Waals surface area (Å²) in [6.45, 7) is 4.04. The number of ether oxygens (including phenoxy) is 1. The van der Waals surface area contributed by atoms with Crippen LogP contribution in [0.4, 0.5) is 5.69 Å². The molecule has 0 radical (unpaired) electrons. The van der Waals surface area contributed by atoms with Crippen LogP contribution in [-0.4, -0.2) is 32.6 Å². The Balaban J connectivity index is 2.24. The number of methoxy groups -OCH3 is 1. The topological polar surface area (TPSA) is 29.5 Å². The van der Waals surface area contributed by atoms with Crippen LogP contribution >= 0.6 is 15.9 Å². The normalized spacial score (nSPS) is 24.1. The number of piperidine rings is 1. The van der Waals surface area contributed by atoms with Gasteiger partial charge in [0.2, 0.25) is 0 Å². The van der Waals surface area contributed by atoms with Crippen molar-refractivity contribution in [2.24, 2.45) is 5.92 Å². The molecule has 98 valence electrons. The molecule has 2 unspecified atom stereocenters. The number of carbonyl (C=O) groups excluding carboxylic acids is 1. The monoisotopic (exact) mass is 311 g/mol. The minimum absolute atomic E-state index is 0.238. The summed E-state index contributed by atoms with van der Waals surface area (Å²) in [6.07, 6.45) is 2.24. The Labute approximate surface area is 116 Å². The van der Waals surface area contributed by atoms with Crippen molar-refractivity contribution in [2.75, 3.05) is 25.1 Å². The number of hydrogen-bond acceptors (Lipinski definition) is 3. The average molecular weight is 312 g/mol. The van der Waals surface area contributed by atoms with Crippen LogP contribution < -0.4 is 4.90 Å². The lowest BCUT2D eigenvalue weighted by molar-refractivity contribution is 0.0498. The molecule has 2 rings (SSSR count). The molecule has 0 saturated carbocycles. The zero-order valence-corrected chi connectivity index (χ0v) is 12.3. The standard InChI is InChI=1S/C14H18BrNO2/c1-10-5-6-16(8-14(10)18-2)13-4-3-12(15)7-11(13)9-17/h3-4,7,9-10,14H,5-6,8H2,1-2H3. The van der Waals surface area contributed by atoms with E-state index in [1.54, 1.807) is 7.11 Å². The van der Waals surface area contributed by atoms with Gasteiger partial charge in [-0.25, -0.2) is 0 Å². The van der Waals surface area contributed by atoms with Crippen molar-refractivity contribution in [2.45, 2.75) is 19.4 Å². The van der Waals surface area contributed by atoms with Crippen LogP contribution in [0.2, 0.25) is 0 Å². The molecule has 2 atom stereocenters. The third-order valence-corrected chi connectivity index (χ3v) is 4.14. The fourth-order valence-corrected chi connectivity index (χ4v) is 2.85. The van der Waals surface area contributed by atoms with Crippen molar-refractivity contribution in [3.05, 3.63) is 28.2 Å². The van der Waals surface area contributed by atoms with Gasteiger partial charge in [-0.15, -0.1) is 0 Å². The molecule has 1 aromatic rings. The molecule has 0 bridgehead atoms. The van der Waals surface area contributed by atoms with E-state index in [1.807, 2.05) is 18.2 Å². The molecule has 1 aromatic carbocycles. The highest BCUT2D eigenvalue weighted by molar-refractivity contribution is 9.10. The Hall–Kier alpha value is -0.870. The largest absolute Gasteiger partial charge is 0.379 e. The minimum Gasteiger partial charge on any atom is -0.379 e. The fourth-order valence-electron chi connectivity index (χ4n) is 2.47. The second-order valence-corrected chi connectivity index (χ2v) is 5.72. The molecule has 1 saturated heterocycles. The van der Waals surface area contributed by atoms with E-state index in [2.05, 4.69) is 27.8 Å². The van der Waals surface area contributed by atoms with E-state index in [9.17, 15) is 4.79 Å². The third kappa shape index (κ3) is 2.75. The predicted molar refractivity (Wildman–Crippen MR) is 76.3 cm³/mol. The lowest BCUT2D eigenvalue weighted by Gasteiger charge is -2.38. The lowest BCUT2D eigenvalue weighted by Crippen LogP contribution is -2.44. The number of benzene rings is 1. The van der Waals surface area contributed by atoms with Crippen molar-refractivity contribution in [3.8, 4) is 0 Å². The molecular weight excluding hydrogens is 294 g/mol. The van der Waals surface area contributed by atoms with Crippen LogP contribution in [-0.2, 0) is 4.74 Å². The maximum atomic E-state index is 11.2. The van der Waals surface area contributed by atoms with E-state index >= 15 is 0 Å². The maximum Gasteiger partial charge on any atom is 0.152 e. The Kier molecular flexibility index (Phi) is 4.40. The van der Waals surface area contributed by atoms with Crippen LogP contribution in [0.1, 0.15) is 23.7 Å². The van der Waals surface area contributed by atoms with E-state index < -0.39 is 0 Å². The summed E-state index contributed by atoms with van der Waals surface area (Å²) in [6, 6.07) is 5.83. The summed E-state index contributed by atoms with van der Waals surface area (Å²) in [5.41, 5.74) is 1.73. The highest BCUT2D eigenvalue weighted by atomic mass is 79.9. The van der Waals surface area contributed by atoms with Gasteiger partial charge in [0.15, 0.2) is 6.29 Å². The second kappa shape index (κ2) is 5.85. The molecule has 0 N–H and O–H groups in total. The van der Waals surface area contributed by atoms with Crippen molar-refractivity contribution >= 4 is 27.9 Å². The van der Waals surface area contributed by atoms with Gasteiger partial charge in [-0.3, -0.25) is 4.79 Å². The number of aldehydes is 1. The number of halogens is 1. The third-order valence-electron chi connectivity index (χ3n) is 3.65. The molecule has 1 aliphatic rings. The van der Waals surface area contributed by atoms with Gasteiger partial charge in [-0.1, -0.05) is 22.9 Å². The molecule has 0 aromatic heterocycles. The highest BCUT2D eigenvalue weighted by Gasteiger charge is 2.27. The van der Waals surface area contributed by atoms with Gasteiger partial charge in [-0.05, 0) is 30.5 Å². The van der Waals surface area contributed by atoms with Crippen LogP contribution in [0.5, 0.6) is 0 Å². The summed E-state index contributed by atoms with van der Waals surface area (Å²) < 4.78 is 6.45. The fraction of sp³-hybridized carbons (Fsp3) is 0.500. The van der Waals surface area contributed by atoms with E-state index in [-0.39, 0.29) is 6.10 Å². The first-order chi connectivity index (χ1) is 8.65. The number of nitrogens with zero attached hydrogens (tertiary/aromatic N) is 1. The summed E-state index contributed by atoms with van der Waals surface area (Å²) in [7, 11) is 1.76. The van der Waals surface area contributed by atoms with Gasteiger partial charge >= 0.3 is 0 Å². The van der Waals surface area contributed by atoms with E-state index in [4.69, 9.17) is 4.74 Å². The van der Waals surface area contributed by atoms with Crippen LogP contribution in [0.25, 0.3) is 0 Å². The summed E-state index contributed by atoms with van der Waals surface area (Å²) in [5.74, 6) is 0.571. The van der Waals surface area contributed by atoms with Crippen LogP contribution in [0.15, 0.2) is 22.7 Å². The number of anilines is 1. The Morgan fingerprint density at radius 2 is 2.28 bits per heavy atom. The van der Waals surface area contributed by atoms with Gasteiger partial charge in [0.1, 0.15) is 0 Å². The van der Waals surface area contributed by atoms with Crippen molar-refractivity contribution in [1.29, 1.82) is 0 Å². The predicted octanol–water partition coefficient (Wildman–Crippen LogP) is 3.12. The summed E-state index contributed by atoms with van der Waals surface area (Å²) in [4.78, 5) is 13.4. The molecule has 1 heterocycles. The Bertz CT molecular complexity index is 436. The van der Waals surface area contributed by atoms with Crippen molar-refractivity contribution < 1.29 is 9.53 Å². The van der Waals surface area contributed by atoms with Crippen LogP contribution in [0.3, 0.4) is 0 Å². The maximum absolute atomic E-state index is 11.2. The lowest BCUT2D eigenvalue weighted by atomic mass is 9.95. The summed E-state index contributed by atoms with van der Waals surface area (Å²) >= 11 is 3.39. The molecule has 0 aliphatic carbocycles. The second-order valence-electron chi connectivity index (χ2n) is 4.81. The van der Waals surface area contributed by atoms with Gasteiger partial charge in [0.05, 0.1) is 6.10 Å². The quantitative estimate of drug-likeness (QED) is 0.803. The Morgan fingerprint density at radius 1 is 1.50 bits per heavy atom. The SMILES string of the molecule is COC1CN(c2ccc(Br)cc2C=O)CCC1C. The molecule has 1 fully saturated rings. The Morgan fingerprint density at radius 3 is 2.94 bits per heavy atom. The molecule has 0 spiro atoms. The van der Waals surface area contributed by atoms with Gasteiger partial charge < -0.3 is 9.64 Å². The molecule has 0 amide bonds. The summed E-state index contributed by atoms with van der Waals surface area (Å²) in [5, 5.41) is 0. The van der Waals surface area contributed by atoms with Crippen molar-refractivity contribution in [1.82, 2.24) is 0 Å². The zero-order valence-electron chi connectivity index (χ0n) is 10.7. The first kappa shape index (κ1) is 13.6. The van der Waals surface area contributed by atoms with E-state index in [0.29, 0.717) is 5.92 Å². The van der Waals surface area contributed by atoms with Gasteiger partial charge in [-0.2, -0.15) is 0 Å². The minimum atomic E-state index is 0.238. The number of carbonyl (C=O) groups is 1. The van der Waals surface area contributed by atoms with Crippen molar-refractivity contribution in [3.63, 3.8) is 0 Å². The van der Waals surface area contributed by atoms with E-state index in [1.165, 1.54) is 0 Å².